The number of thioether (sulfide) groups is 1. The molecule has 0 heterocycles. The second-order valence-electron chi connectivity index (χ2n) is 5.32. The molecule has 0 bridgehead atoms. The molecular formula is C17H22BrNO4S. The highest BCUT2D eigenvalue weighted by atomic mass is 79.9. The molecule has 0 aliphatic rings. The number of aryl methyl sites for hydroxylation is 1. The molecule has 0 saturated carbocycles. The molecule has 132 valence electrons. The second kappa shape index (κ2) is 9.22. The SMILES string of the molecule is CCC(=O)SCC(=O)N(c1c(C)ccc(Br)c1C)C(C)C(=O)OC. The Kier molecular flexibility index (Phi) is 7.96. The molecule has 1 aromatic carbocycles. The van der Waals surface area contributed by atoms with Gasteiger partial charge in [-0.15, -0.1) is 0 Å². The normalized spacial score (nSPS) is 11.8. The Bertz CT molecular complexity index is 648. The largest absolute Gasteiger partial charge is 0.467 e. The van der Waals surface area contributed by atoms with E-state index in [1.54, 1.807) is 13.8 Å². The molecule has 0 aromatic heterocycles. The highest BCUT2D eigenvalue weighted by Gasteiger charge is 2.30. The fourth-order valence-corrected chi connectivity index (χ4v) is 3.25. The van der Waals surface area contributed by atoms with Crippen LogP contribution in [-0.4, -0.2) is 35.9 Å². The van der Waals surface area contributed by atoms with Crippen LogP contribution in [0.5, 0.6) is 0 Å². The van der Waals surface area contributed by atoms with Crippen LogP contribution < -0.4 is 4.90 Å². The molecule has 0 spiro atoms. The highest BCUT2D eigenvalue weighted by molar-refractivity contribution is 9.10. The summed E-state index contributed by atoms with van der Waals surface area (Å²) in [5, 5.41) is -0.0586. The van der Waals surface area contributed by atoms with Crippen LogP contribution in [0.4, 0.5) is 5.69 Å². The zero-order chi connectivity index (χ0) is 18.4. The molecule has 1 unspecified atom stereocenters. The van der Waals surface area contributed by atoms with Gasteiger partial charge in [-0.1, -0.05) is 40.7 Å². The van der Waals surface area contributed by atoms with Crippen molar-refractivity contribution < 1.29 is 19.1 Å². The van der Waals surface area contributed by atoms with Crippen molar-refractivity contribution in [2.75, 3.05) is 17.8 Å². The van der Waals surface area contributed by atoms with Crippen molar-refractivity contribution in [1.82, 2.24) is 0 Å². The van der Waals surface area contributed by atoms with Crippen LogP contribution in [0, 0.1) is 13.8 Å². The minimum absolute atomic E-state index is 0.0145. The molecule has 0 saturated heterocycles. The summed E-state index contributed by atoms with van der Waals surface area (Å²) in [7, 11) is 1.29. The first-order valence-electron chi connectivity index (χ1n) is 7.55. The quantitative estimate of drug-likeness (QED) is 0.663. The Morgan fingerprint density at radius 3 is 2.46 bits per heavy atom. The Morgan fingerprint density at radius 2 is 1.92 bits per heavy atom. The number of nitrogens with zero attached hydrogens (tertiary/aromatic N) is 1. The highest BCUT2D eigenvalue weighted by Crippen LogP contribution is 2.32. The van der Waals surface area contributed by atoms with Crippen LogP contribution in [0.25, 0.3) is 0 Å². The minimum atomic E-state index is -0.786. The van der Waals surface area contributed by atoms with Gasteiger partial charge < -0.3 is 4.74 Å². The number of methoxy groups -OCH3 is 1. The summed E-state index contributed by atoms with van der Waals surface area (Å²) < 4.78 is 5.65. The summed E-state index contributed by atoms with van der Waals surface area (Å²) in [4.78, 5) is 37.7. The van der Waals surface area contributed by atoms with Gasteiger partial charge in [0.2, 0.25) is 5.91 Å². The number of carbonyl (C=O) groups is 3. The first-order valence-corrected chi connectivity index (χ1v) is 9.33. The van der Waals surface area contributed by atoms with Crippen molar-refractivity contribution in [2.24, 2.45) is 0 Å². The van der Waals surface area contributed by atoms with Gasteiger partial charge in [-0.05, 0) is 38.0 Å². The van der Waals surface area contributed by atoms with Gasteiger partial charge in [0.25, 0.3) is 0 Å². The van der Waals surface area contributed by atoms with E-state index in [9.17, 15) is 14.4 Å². The lowest BCUT2D eigenvalue weighted by Crippen LogP contribution is -2.45. The average molecular weight is 416 g/mol. The maximum absolute atomic E-state index is 12.8. The number of hydrogen-bond acceptors (Lipinski definition) is 5. The number of carbonyl (C=O) groups excluding carboxylic acids is 3. The van der Waals surface area contributed by atoms with E-state index in [1.807, 2.05) is 26.0 Å². The van der Waals surface area contributed by atoms with Crippen molar-refractivity contribution >= 4 is 50.4 Å². The maximum Gasteiger partial charge on any atom is 0.328 e. The molecule has 0 fully saturated rings. The topological polar surface area (TPSA) is 63.7 Å². The monoisotopic (exact) mass is 415 g/mol. The number of ether oxygens (including phenoxy) is 1. The molecule has 5 nitrogen and oxygen atoms in total. The zero-order valence-electron chi connectivity index (χ0n) is 14.5. The van der Waals surface area contributed by atoms with E-state index in [2.05, 4.69) is 15.9 Å². The Hall–Kier alpha value is -1.34. The van der Waals surface area contributed by atoms with Gasteiger partial charge in [-0.2, -0.15) is 0 Å². The number of esters is 1. The van der Waals surface area contributed by atoms with Crippen molar-refractivity contribution in [1.29, 1.82) is 0 Å². The summed E-state index contributed by atoms with van der Waals surface area (Å²) in [6.07, 6.45) is 0.361. The molecule has 7 heteroatoms. The molecule has 1 aromatic rings. The van der Waals surface area contributed by atoms with Gasteiger partial charge in [0.1, 0.15) is 6.04 Å². The van der Waals surface area contributed by atoms with E-state index >= 15 is 0 Å². The van der Waals surface area contributed by atoms with Gasteiger partial charge in [0, 0.05) is 10.9 Å². The van der Waals surface area contributed by atoms with Crippen molar-refractivity contribution in [3.05, 3.63) is 27.7 Å². The maximum atomic E-state index is 12.8. The first kappa shape index (κ1) is 20.7. The molecule has 0 radical (unpaired) electrons. The fraction of sp³-hybridized carbons (Fsp3) is 0.471. The standard InChI is InChI=1S/C17H22BrNO4S/c1-6-15(21)24-9-14(20)19(12(4)17(22)23-5)16-10(2)7-8-13(18)11(16)3/h7-8,12H,6,9H2,1-5H3. The van der Waals surface area contributed by atoms with Gasteiger partial charge in [0.05, 0.1) is 18.6 Å². The van der Waals surface area contributed by atoms with Crippen LogP contribution in [0.15, 0.2) is 16.6 Å². The number of rotatable bonds is 6. The summed E-state index contributed by atoms with van der Waals surface area (Å²) in [6, 6.07) is 2.99. The molecule has 24 heavy (non-hydrogen) atoms. The van der Waals surface area contributed by atoms with Gasteiger partial charge in [0.15, 0.2) is 5.12 Å². The lowest BCUT2D eigenvalue weighted by atomic mass is 10.1. The van der Waals surface area contributed by atoms with E-state index in [4.69, 9.17) is 4.74 Å². The van der Waals surface area contributed by atoms with E-state index in [0.717, 1.165) is 27.4 Å². The van der Waals surface area contributed by atoms with E-state index < -0.39 is 12.0 Å². The van der Waals surface area contributed by atoms with Crippen LogP contribution in [0.3, 0.4) is 0 Å². The number of anilines is 1. The lowest BCUT2D eigenvalue weighted by Gasteiger charge is -2.30. The molecule has 0 aliphatic heterocycles. The van der Waals surface area contributed by atoms with E-state index in [-0.39, 0.29) is 16.8 Å². The Labute approximate surface area is 155 Å². The summed E-state index contributed by atoms with van der Waals surface area (Å²) >= 11 is 4.43. The van der Waals surface area contributed by atoms with Crippen molar-refractivity contribution in [3.8, 4) is 0 Å². The smallest absolute Gasteiger partial charge is 0.328 e. The minimum Gasteiger partial charge on any atom is -0.467 e. The van der Waals surface area contributed by atoms with Crippen LogP contribution in [0.2, 0.25) is 0 Å². The third-order valence-corrected chi connectivity index (χ3v) is 5.51. The zero-order valence-corrected chi connectivity index (χ0v) is 16.9. The van der Waals surface area contributed by atoms with Gasteiger partial charge in [-0.3, -0.25) is 14.5 Å². The third-order valence-electron chi connectivity index (χ3n) is 3.65. The van der Waals surface area contributed by atoms with Crippen LogP contribution in [-0.2, 0) is 19.1 Å². The van der Waals surface area contributed by atoms with Crippen molar-refractivity contribution in [2.45, 2.75) is 40.2 Å². The molecular weight excluding hydrogens is 394 g/mol. The molecule has 0 N–H and O–H groups in total. The van der Waals surface area contributed by atoms with E-state index in [0.29, 0.717) is 12.1 Å². The van der Waals surface area contributed by atoms with Gasteiger partial charge >= 0.3 is 5.97 Å². The number of halogens is 1. The fourth-order valence-electron chi connectivity index (χ4n) is 2.31. The predicted molar refractivity (Wildman–Crippen MR) is 100 cm³/mol. The molecule has 1 amide bonds. The average Bonchev–Trinajstić information content (AvgIpc) is 2.58. The summed E-state index contributed by atoms with van der Waals surface area (Å²) in [6.45, 7) is 7.12. The number of benzene rings is 1. The third kappa shape index (κ3) is 4.83. The van der Waals surface area contributed by atoms with Gasteiger partial charge in [-0.25, -0.2) is 4.79 Å². The predicted octanol–water partition coefficient (Wildman–Crippen LogP) is 3.63. The second-order valence-corrected chi connectivity index (χ2v) is 7.20. The molecule has 1 atom stereocenters. The first-order chi connectivity index (χ1) is 11.2. The summed E-state index contributed by atoms with van der Waals surface area (Å²) in [5.74, 6) is -0.822. The van der Waals surface area contributed by atoms with Crippen LogP contribution in [0.1, 0.15) is 31.4 Å². The number of amides is 1. The van der Waals surface area contributed by atoms with Crippen molar-refractivity contribution in [3.63, 3.8) is 0 Å². The number of hydrogen-bond donors (Lipinski definition) is 0. The lowest BCUT2D eigenvalue weighted by molar-refractivity contribution is -0.142. The Balaban J connectivity index is 3.30. The Morgan fingerprint density at radius 1 is 1.29 bits per heavy atom. The summed E-state index contributed by atoms with van der Waals surface area (Å²) in [5.41, 5.74) is 2.38. The molecule has 1 rings (SSSR count). The molecule has 0 aliphatic carbocycles. The van der Waals surface area contributed by atoms with E-state index in [1.165, 1.54) is 12.0 Å². The van der Waals surface area contributed by atoms with Crippen LogP contribution >= 0.6 is 27.7 Å².